The molecule has 17 heavy (non-hydrogen) atoms. The Labute approximate surface area is 101 Å². The molecule has 0 aliphatic rings. The van der Waals surface area contributed by atoms with Gasteiger partial charge in [-0.15, -0.1) is 0 Å². The van der Waals surface area contributed by atoms with Gasteiger partial charge >= 0.3 is 0 Å². The first kappa shape index (κ1) is 15.4. The Morgan fingerprint density at radius 3 is 2.29 bits per heavy atom. The standard InChI is InChI=1S/C11H21N3O3/c1-7(2)4-8(3)14-11(17)9(13-6-15)5-10(12)16/h6-9H,4-5H2,1-3H3,(H2,12,16)(H,13,15)(H,14,17)/t8-,9?/m1/s1. The Bertz CT molecular complexity index is 279. The normalized spacial score (nSPS) is 13.9. The maximum absolute atomic E-state index is 11.7. The van der Waals surface area contributed by atoms with Crippen LogP contribution >= 0.6 is 0 Å². The minimum absolute atomic E-state index is 0.00803. The molecule has 0 saturated heterocycles. The van der Waals surface area contributed by atoms with Crippen molar-refractivity contribution in [3.05, 3.63) is 0 Å². The van der Waals surface area contributed by atoms with Crippen LogP contribution in [0.5, 0.6) is 0 Å². The van der Waals surface area contributed by atoms with Crippen LogP contribution in [-0.4, -0.2) is 30.3 Å². The topological polar surface area (TPSA) is 101 Å². The van der Waals surface area contributed by atoms with Crippen molar-refractivity contribution < 1.29 is 14.4 Å². The zero-order valence-electron chi connectivity index (χ0n) is 10.5. The molecule has 0 spiro atoms. The molecule has 4 N–H and O–H groups in total. The van der Waals surface area contributed by atoms with Crippen LogP contribution in [0.3, 0.4) is 0 Å². The molecule has 0 aromatic rings. The van der Waals surface area contributed by atoms with Gasteiger partial charge in [0.15, 0.2) is 0 Å². The van der Waals surface area contributed by atoms with Crippen molar-refractivity contribution in [2.75, 3.05) is 0 Å². The number of carbonyl (C=O) groups excluding carboxylic acids is 3. The molecule has 3 amide bonds. The Hall–Kier alpha value is -1.59. The Morgan fingerprint density at radius 2 is 1.88 bits per heavy atom. The second-order valence-electron chi connectivity index (χ2n) is 4.55. The van der Waals surface area contributed by atoms with E-state index in [9.17, 15) is 14.4 Å². The lowest BCUT2D eigenvalue weighted by Gasteiger charge is -2.20. The number of amides is 3. The van der Waals surface area contributed by atoms with Crippen molar-refractivity contribution in [3.63, 3.8) is 0 Å². The third-order valence-electron chi connectivity index (χ3n) is 2.20. The Kier molecular flexibility index (Phi) is 6.93. The number of hydrogen-bond acceptors (Lipinski definition) is 3. The fourth-order valence-electron chi connectivity index (χ4n) is 1.62. The molecule has 2 atom stereocenters. The highest BCUT2D eigenvalue weighted by Crippen LogP contribution is 2.04. The Morgan fingerprint density at radius 1 is 1.29 bits per heavy atom. The summed E-state index contributed by atoms with van der Waals surface area (Å²) in [6.07, 6.45) is 1.02. The summed E-state index contributed by atoms with van der Waals surface area (Å²) in [7, 11) is 0. The molecule has 0 rings (SSSR count). The van der Waals surface area contributed by atoms with E-state index in [0.717, 1.165) is 6.42 Å². The van der Waals surface area contributed by atoms with Gasteiger partial charge in [-0.1, -0.05) is 13.8 Å². The predicted octanol–water partition coefficient (Wildman–Crippen LogP) is -0.473. The molecule has 0 heterocycles. The summed E-state index contributed by atoms with van der Waals surface area (Å²) in [5.41, 5.74) is 5.00. The number of carbonyl (C=O) groups is 3. The molecule has 0 bridgehead atoms. The molecule has 1 unspecified atom stereocenters. The van der Waals surface area contributed by atoms with E-state index in [2.05, 4.69) is 10.6 Å². The van der Waals surface area contributed by atoms with Crippen LogP contribution in [0.1, 0.15) is 33.6 Å². The summed E-state index contributed by atoms with van der Waals surface area (Å²) in [6.45, 7) is 5.97. The van der Waals surface area contributed by atoms with Crippen LogP contribution in [-0.2, 0) is 14.4 Å². The van der Waals surface area contributed by atoms with Crippen molar-refractivity contribution in [1.29, 1.82) is 0 Å². The van der Waals surface area contributed by atoms with Gasteiger partial charge < -0.3 is 16.4 Å². The van der Waals surface area contributed by atoms with Crippen molar-refractivity contribution in [2.24, 2.45) is 11.7 Å². The van der Waals surface area contributed by atoms with Gasteiger partial charge in [-0.25, -0.2) is 0 Å². The molecule has 0 aliphatic carbocycles. The van der Waals surface area contributed by atoms with E-state index < -0.39 is 11.9 Å². The lowest BCUT2D eigenvalue weighted by Crippen LogP contribution is -2.48. The largest absolute Gasteiger partial charge is 0.370 e. The average Bonchev–Trinajstić information content (AvgIpc) is 2.14. The predicted molar refractivity (Wildman–Crippen MR) is 63.9 cm³/mol. The van der Waals surface area contributed by atoms with Crippen LogP contribution in [0.15, 0.2) is 0 Å². The molecule has 6 nitrogen and oxygen atoms in total. The molecule has 0 saturated carbocycles. The van der Waals surface area contributed by atoms with Gasteiger partial charge in [-0.3, -0.25) is 14.4 Å². The molecule has 0 aliphatic heterocycles. The summed E-state index contributed by atoms with van der Waals surface area (Å²) in [5, 5.41) is 5.01. The number of nitrogens with two attached hydrogens (primary N) is 1. The fourth-order valence-corrected chi connectivity index (χ4v) is 1.62. The van der Waals surface area contributed by atoms with Gasteiger partial charge in [0, 0.05) is 6.04 Å². The van der Waals surface area contributed by atoms with Crippen LogP contribution in [0.2, 0.25) is 0 Å². The molecular formula is C11H21N3O3. The van der Waals surface area contributed by atoms with Crippen LogP contribution < -0.4 is 16.4 Å². The first-order valence-electron chi connectivity index (χ1n) is 5.65. The quantitative estimate of drug-likeness (QED) is 0.502. The maximum atomic E-state index is 11.7. The molecule has 0 aromatic heterocycles. The van der Waals surface area contributed by atoms with Crippen molar-refractivity contribution >= 4 is 18.2 Å². The molecule has 6 heteroatoms. The molecule has 0 fully saturated rings. The molecule has 0 aromatic carbocycles. The van der Waals surface area contributed by atoms with E-state index in [1.807, 2.05) is 20.8 Å². The fraction of sp³-hybridized carbons (Fsp3) is 0.727. The van der Waals surface area contributed by atoms with Crippen molar-refractivity contribution in [3.8, 4) is 0 Å². The summed E-state index contributed by atoms with van der Waals surface area (Å²) < 4.78 is 0. The zero-order chi connectivity index (χ0) is 13.4. The lowest BCUT2D eigenvalue weighted by atomic mass is 10.0. The third kappa shape index (κ3) is 7.32. The Balaban J connectivity index is 4.30. The summed E-state index contributed by atoms with van der Waals surface area (Å²) in [6, 6.07) is -0.897. The third-order valence-corrected chi connectivity index (χ3v) is 2.20. The average molecular weight is 243 g/mol. The van der Waals surface area contributed by atoms with Crippen molar-refractivity contribution in [1.82, 2.24) is 10.6 Å². The van der Waals surface area contributed by atoms with E-state index in [1.54, 1.807) is 0 Å². The minimum Gasteiger partial charge on any atom is -0.370 e. The SMILES string of the molecule is CC(C)C[C@@H](C)NC(=O)C(CC(N)=O)NC=O. The summed E-state index contributed by atoms with van der Waals surface area (Å²) >= 11 is 0. The maximum Gasteiger partial charge on any atom is 0.243 e. The van der Waals surface area contributed by atoms with Gasteiger partial charge in [0.05, 0.1) is 6.42 Å². The van der Waals surface area contributed by atoms with Gasteiger partial charge in [0.1, 0.15) is 6.04 Å². The second-order valence-corrected chi connectivity index (χ2v) is 4.55. The number of nitrogens with one attached hydrogen (secondary N) is 2. The van der Waals surface area contributed by atoms with Crippen molar-refractivity contribution in [2.45, 2.75) is 45.7 Å². The van der Waals surface area contributed by atoms with E-state index in [0.29, 0.717) is 12.3 Å². The number of hydrogen-bond donors (Lipinski definition) is 3. The molecular weight excluding hydrogens is 222 g/mol. The van der Waals surface area contributed by atoms with E-state index in [-0.39, 0.29) is 18.4 Å². The first-order chi connectivity index (χ1) is 7.86. The van der Waals surface area contributed by atoms with Gasteiger partial charge in [0.2, 0.25) is 18.2 Å². The highest BCUT2D eigenvalue weighted by molar-refractivity contribution is 5.89. The highest BCUT2D eigenvalue weighted by atomic mass is 16.2. The lowest BCUT2D eigenvalue weighted by molar-refractivity contribution is -0.129. The van der Waals surface area contributed by atoms with Crippen LogP contribution in [0.25, 0.3) is 0 Å². The minimum atomic E-state index is -0.889. The molecule has 0 radical (unpaired) electrons. The van der Waals surface area contributed by atoms with E-state index >= 15 is 0 Å². The zero-order valence-corrected chi connectivity index (χ0v) is 10.5. The summed E-state index contributed by atoms with van der Waals surface area (Å²) in [4.78, 5) is 32.8. The smallest absolute Gasteiger partial charge is 0.243 e. The van der Waals surface area contributed by atoms with Crippen LogP contribution in [0, 0.1) is 5.92 Å². The number of rotatable bonds is 8. The summed E-state index contributed by atoms with van der Waals surface area (Å²) in [5.74, 6) is -0.556. The first-order valence-corrected chi connectivity index (χ1v) is 5.65. The van der Waals surface area contributed by atoms with Gasteiger partial charge in [-0.05, 0) is 19.3 Å². The van der Waals surface area contributed by atoms with Crippen LogP contribution in [0.4, 0.5) is 0 Å². The second kappa shape index (κ2) is 7.65. The van der Waals surface area contributed by atoms with E-state index in [4.69, 9.17) is 5.73 Å². The molecule has 98 valence electrons. The van der Waals surface area contributed by atoms with Gasteiger partial charge in [-0.2, -0.15) is 0 Å². The monoisotopic (exact) mass is 243 g/mol. The van der Waals surface area contributed by atoms with E-state index in [1.165, 1.54) is 0 Å². The number of primary amides is 1. The highest BCUT2D eigenvalue weighted by Gasteiger charge is 2.21. The van der Waals surface area contributed by atoms with Gasteiger partial charge in [0.25, 0.3) is 0 Å².